The highest BCUT2D eigenvalue weighted by molar-refractivity contribution is 7.98. The lowest BCUT2D eigenvalue weighted by atomic mass is 10.1. The minimum Gasteiger partial charge on any atom is -0.497 e. The van der Waals surface area contributed by atoms with E-state index < -0.39 is 5.97 Å². The van der Waals surface area contributed by atoms with E-state index in [2.05, 4.69) is 4.98 Å². The van der Waals surface area contributed by atoms with Gasteiger partial charge in [0.15, 0.2) is 0 Å². The van der Waals surface area contributed by atoms with Crippen LogP contribution in [0.2, 0.25) is 0 Å². The average Bonchev–Trinajstić information content (AvgIpc) is 2.72. The molecule has 1 N–H and O–H groups in total. The van der Waals surface area contributed by atoms with Gasteiger partial charge in [-0.3, -0.25) is 4.79 Å². The molecule has 0 aliphatic carbocycles. The molecule has 3 rings (SSSR count). The van der Waals surface area contributed by atoms with Gasteiger partial charge in [-0.2, -0.15) is 0 Å². The fourth-order valence-electron chi connectivity index (χ4n) is 2.74. The largest absolute Gasteiger partial charge is 0.497 e. The Bertz CT molecular complexity index is 1040. The number of H-pyrrole nitrogens is 1. The summed E-state index contributed by atoms with van der Waals surface area (Å²) in [5, 5.41) is 0.869. The van der Waals surface area contributed by atoms with Crippen LogP contribution in [0.5, 0.6) is 11.5 Å². The lowest BCUT2D eigenvalue weighted by molar-refractivity contribution is 0.0520. The summed E-state index contributed by atoms with van der Waals surface area (Å²) in [4.78, 5) is 28.7. The molecule has 146 valence electrons. The maximum Gasteiger partial charge on any atom is 0.344 e. The van der Waals surface area contributed by atoms with E-state index in [1.807, 2.05) is 24.3 Å². The highest BCUT2D eigenvalue weighted by atomic mass is 32.2. The van der Waals surface area contributed by atoms with Crippen LogP contribution >= 0.6 is 11.8 Å². The smallest absolute Gasteiger partial charge is 0.344 e. The molecular weight excluding hydrogens is 378 g/mol. The third kappa shape index (κ3) is 4.14. The van der Waals surface area contributed by atoms with Crippen molar-refractivity contribution in [2.24, 2.45) is 0 Å². The van der Waals surface area contributed by atoms with Gasteiger partial charge in [0.25, 0.3) is 0 Å². The molecule has 0 aliphatic rings. The van der Waals surface area contributed by atoms with Crippen LogP contribution in [0.15, 0.2) is 52.3 Å². The quantitative estimate of drug-likeness (QED) is 0.478. The number of methoxy groups -OCH3 is 2. The maximum absolute atomic E-state index is 13.0. The number of benzene rings is 2. The van der Waals surface area contributed by atoms with Gasteiger partial charge in [0, 0.05) is 5.75 Å². The molecule has 2 aromatic carbocycles. The number of carbonyl (C=O) groups is 1. The molecule has 0 unspecified atom stereocenters. The van der Waals surface area contributed by atoms with E-state index in [0.29, 0.717) is 27.4 Å². The Kier molecular flexibility index (Phi) is 6.26. The third-order valence-corrected chi connectivity index (χ3v) is 5.27. The van der Waals surface area contributed by atoms with Crippen molar-refractivity contribution in [3.63, 3.8) is 0 Å². The molecule has 0 radical (unpaired) electrons. The molecule has 0 spiro atoms. The highest BCUT2D eigenvalue weighted by Gasteiger charge is 2.21. The Hall–Kier alpha value is -2.93. The first-order chi connectivity index (χ1) is 13.6. The van der Waals surface area contributed by atoms with Crippen molar-refractivity contribution in [2.45, 2.75) is 17.7 Å². The molecule has 0 amide bonds. The second-order valence-corrected chi connectivity index (χ2v) is 6.91. The van der Waals surface area contributed by atoms with Gasteiger partial charge in [-0.05, 0) is 42.8 Å². The van der Waals surface area contributed by atoms with Crippen LogP contribution in [-0.4, -0.2) is 31.8 Å². The molecule has 6 nitrogen and oxygen atoms in total. The van der Waals surface area contributed by atoms with Crippen molar-refractivity contribution in [2.75, 3.05) is 20.8 Å². The molecular formula is C21H21NO5S. The summed E-state index contributed by atoms with van der Waals surface area (Å²) in [5.74, 6) is 1.26. The molecule has 7 heteroatoms. The maximum atomic E-state index is 13.0. The normalized spacial score (nSPS) is 10.7. The fourth-order valence-corrected chi connectivity index (χ4v) is 3.75. The van der Waals surface area contributed by atoms with E-state index in [0.717, 1.165) is 11.3 Å². The van der Waals surface area contributed by atoms with Crippen molar-refractivity contribution in [1.29, 1.82) is 0 Å². The Balaban J connectivity index is 2.01. The number of thioether (sulfide) groups is 1. The van der Waals surface area contributed by atoms with Crippen molar-refractivity contribution in [3.05, 3.63) is 63.8 Å². The topological polar surface area (TPSA) is 77.6 Å². The molecule has 0 saturated carbocycles. The predicted molar refractivity (Wildman–Crippen MR) is 110 cm³/mol. The predicted octanol–water partition coefficient (Wildman–Crippen LogP) is 4.01. The van der Waals surface area contributed by atoms with E-state index in [-0.39, 0.29) is 17.6 Å². The van der Waals surface area contributed by atoms with Crippen molar-refractivity contribution in [3.8, 4) is 11.5 Å². The number of aromatic amines is 1. The van der Waals surface area contributed by atoms with Gasteiger partial charge >= 0.3 is 5.97 Å². The number of rotatable bonds is 7. The Morgan fingerprint density at radius 3 is 2.36 bits per heavy atom. The van der Waals surface area contributed by atoms with Gasteiger partial charge in [-0.15, -0.1) is 11.8 Å². The zero-order chi connectivity index (χ0) is 20.1. The second-order valence-electron chi connectivity index (χ2n) is 5.93. The van der Waals surface area contributed by atoms with Crippen LogP contribution in [0.4, 0.5) is 0 Å². The molecule has 0 aliphatic heterocycles. The molecule has 1 heterocycles. The van der Waals surface area contributed by atoms with E-state index >= 15 is 0 Å². The molecule has 0 saturated heterocycles. The summed E-state index contributed by atoms with van der Waals surface area (Å²) in [6, 6.07) is 12.8. The van der Waals surface area contributed by atoms with Crippen LogP contribution in [0, 0.1) is 0 Å². The van der Waals surface area contributed by atoms with E-state index in [1.54, 1.807) is 32.2 Å². The van der Waals surface area contributed by atoms with Crippen LogP contribution in [-0.2, 0) is 10.5 Å². The first kappa shape index (κ1) is 19.8. The number of hydrogen-bond acceptors (Lipinski definition) is 6. The Morgan fingerprint density at radius 1 is 1.04 bits per heavy atom. The summed E-state index contributed by atoms with van der Waals surface area (Å²) in [6.07, 6.45) is 0. The molecule has 3 aromatic rings. The van der Waals surface area contributed by atoms with Gasteiger partial charge in [0.1, 0.15) is 17.1 Å². The molecule has 0 atom stereocenters. The Morgan fingerprint density at radius 2 is 1.71 bits per heavy atom. The van der Waals surface area contributed by atoms with E-state index in [4.69, 9.17) is 14.2 Å². The second kappa shape index (κ2) is 8.84. The van der Waals surface area contributed by atoms with Gasteiger partial charge in [0.2, 0.25) is 5.43 Å². The number of nitrogens with one attached hydrogen (secondary N) is 1. The van der Waals surface area contributed by atoms with Crippen molar-refractivity contribution in [1.82, 2.24) is 4.98 Å². The third-order valence-electron chi connectivity index (χ3n) is 4.20. The number of pyridine rings is 1. The Labute approximate surface area is 166 Å². The number of aromatic nitrogens is 1. The number of carbonyl (C=O) groups excluding carboxylic acids is 1. The minimum atomic E-state index is -0.634. The van der Waals surface area contributed by atoms with Crippen LogP contribution in [0.25, 0.3) is 10.9 Å². The van der Waals surface area contributed by atoms with Gasteiger partial charge in [-0.1, -0.05) is 12.1 Å². The number of ether oxygens (including phenoxy) is 3. The number of hydrogen-bond donors (Lipinski definition) is 1. The summed E-state index contributed by atoms with van der Waals surface area (Å²) < 4.78 is 15.5. The lowest BCUT2D eigenvalue weighted by Gasteiger charge is -2.11. The lowest BCUT2D eigenvalue weighted by Crippen LogP contribution is -2.20. The van der Waals surface area contributed by atoms with Crippen LogP contribution in [0.1, 0.15) is 22.8 Å². The SMILES string of the molecule is CCOC(=O)c1c(SCc2ccc(OC)cc2)[nH]c2ccc(OC)cc2c1=O. The van der Waals surface area contributed by atoms with Crippen molar-refractivity contribution >= 4 is 28.6 Å². The zero-order valence-electron chi connectivity index (χ0n) is 15.9. The average molecular weight is 399 g/mol. The monoisotopic (exact) mass is 399 g/mol. The first-order valence-corrected chi connectivity index (χ1v) is 9.72. The highest BCUT2D eigenvalue weighted by Crippen LogP contribution is 2.27. The molecule has 0 bridgehead atoms. The van der Waals surface area contributed by atoms with E-state index in [9.17, 15) is 9.59 Å². The molecule has 1 aromatic heterocycles. The summed E-state index contributed by atoms with van der Waals surface area (Å²) in [7, 11) is 3.14. The molecule has 0 fully saturated rings. The zero-order valence-corrected chi connectivity index (χ0v) is 16.7. The standard InChI is InChI=1S/C21H21NO5S/c1-4-27-21(24)18-19(23)16-11-15(26-3)9-10-17(16)22-20(18)28-12-13-5-7-14(25-2)8-6-13/h5-11H,4,12H2,1-3H3,(H,22,23). The van der Waals surface area contributed by atoms with E-state index in [1.165, 1.54) is 18.9 Å². The van der Waals surface area contributed by atoms with Crippen LogP contribution in [0.3, 0.4) is 0 Å². The van der Waals surface area contributed by atoms with Gasteiger partial charge in [0.05, 0.1) is 36.8 Å². The number of fused-ring (bicyclic) bond motifs is 1. The molecule has 28 heavy (non-hydrogen) atoms. The van der Waals surface area contributed by atoms with Gasteiger partial charge < -0.3 is 19.2 Å². The summed E-state index contributed by atoms with van der Waals surface area (Å²) in [5.41, 5.74) is 1.32. The first-order valence-electron chi connectivity index (χ1n) is 8.74. The van der Waals surface area contributed by atoms with Gasteiger partial charge in [-0.25, -0.2) is 4.79 Å². The van der Waals surface area contributed by atoms with Crippen LogP contribution < -0.4 is 14.9 Å². The summed E-state index contributed by atoms with van der Waals surface area (Å²) in [6.45, 7) is 1.90. The summed E-state index contributed by atoms with van der Waals surface area (Å²) >= 11 is 1.38. The fraction of sp³-hybridized carbons (Fsp3) is 0.238. The number of esters is 1. The van der Waals surface area contributed by atoms with Crippen molar-refractivity contribution < 1.29 is 19.0 Å². The minimum absolute atomic E-state index is 0.0149.